The fraction of sp³-hybridized carbons (Fsp3) is 0.400. The second-order valence-electron chi connectivity index (χ2n) is 5.26. The van der Waals surface area contributed by atoms with Gasteiger partial charge in [-0.05, 0) is 23.6 Å². The molecule has 1 heterocycles. The van der Waals surface area contributed by atoms with Gasteiger partial charge in [-0.2, -0.15) is 5.10 Å². The van der Waals surface area contributed by atoms with Crippen LogP contribution in [0, 0.1) is 5.92 Å². The molecule has 0 bridgehead atoms. The van der Waals surface area contributed by atoms with E-state index in [1.165, 1.54) is 0 Å². The summed E-state index contributed by atoms with van der Waals surface area (Å²) in [5.41, 5.74) is 0.815. The number of thioether (sulfide) groups is 1. The van der Waals surface area contributed by atoms with Crippen LogP contribution >= 0.6 is 11.8 Å². The van der Waals surface area contributed by atoms with Gasteiger partial charge in [-0.3, -0.25) is 4.79 Å². The van der Waals surface area contributed by atoms with Crippen molar-refractivity contribution in [1.29, 1.82) is 0 Å². The molecule has 0 fully saturated rings. The van der Waals surface area contributed by atoms with Gasteiger partial charge in [-0.25, -0.2) is 9.67 Å². The molecule has 0 saturated heterocycles. The largest absolute Gasteiger partial charge is 0.481 e. The minimum absolute atomic E-state index is 0.0632. The molecule has 2 rings (SSSR count). The molecule has 0 radical (unpaired) electrons. The zero-order valence-electron chi connectivity index (χ0n) is 12.2. The maximum Gasteiger partial charge on any atom is 0.307 e. The molecule has 0 saturated carbocycles. The molecule has 0 aliphatic carbocycles. The minimum Gasteiger partial charge on any atom is -0.481 e. The Morgan fingerprint density at radius 2 is 2.05 bits per heavy atom. The van der Waals surface area contributed by atoms with Crippen molar-refractivity contribution in [3.05, 3.63) is 42.0 Å². The van der Waals surface area contributed by atoms with Crippen molar-refractivity contribution in [3.8, 4) is 0 Å². The molecule has 1 aromatic heterocycles. The molecule has 0 aliphatic rings. The molecule has 0 aliphatic heterocycles. The van der Waals surface area contributed by atoms with E-state index in [1.807, 2.05) is 28.9 Å². The van der Waals surface area contributed by atoms with Crippen molar-refractivity contribution < 1.29 is 9.90 Å². The first-order chi connectivity index (χ1) is 10.0. The summed E-state index contributed by atoms with van der Waals surface area (Å²) >= 11 is 1.68. The Bertz CT molecular complexity index is 593. The van der Waals surface area contributed by atoms with E-state index >= 15 is 0 Å². The number of hydrogen-bond acceptors (Lipinski definition) is 4. The average molecular weight is 305 g/mol. The van der Waals surface area contributed by atoms with Gasteiger partial charge >= 0.3 is 5.97 Å². The highest BCUT2D eigenvalue weighted by atomic mass is 32.2. The molecule has 21 heavy (non-hydrogen) atoms. The average Bonchev–Trinajstić information content (AvgIpc) is 2.84. The van der Waals surface area contributed by atoms with Crippen LogP contribution in [0.2, 0.25) is 0 Å². The van der Waals surface area contributed by atoms with E-state index in [2.05, 4.69) is 23.9 Å². The van der Waals surface area contributed by atoms with Gasteiger partial charge < -0.3 is 5.11 Å². The van der Waals surface area contributed by atoms with Crippen molar-refractivity contribution in [2.45, 2.75) is 37.5 Å². The van der Waals surface area contributed by atoms with Crippen molar-refractivity contribution in [2.75, 3.05) is 0 Å². The Kier molecular flexibility index (Phi) is 5.38. The second-order valence-corrected chi connectivity index (χ2v) is 6.30. The summed E-state index contributed by atoms with van der Waals surface area (Å²) in [5.74, 6) is 1.44. The Morgan fingerprint density at radius 3 is 2.67 bits per heavy atom. The Morgan fingerprint density at radius 1 is 1.33 bits per heavy atom. The number of rotatable bonds is 7. The minimum atomic E-state index is -0.808. The van der Waals surface area contributed by atoms with E-state index in [0.29, 0.717) is 5.92 Å². The summed E-state index contributed by atoms with van der Waals surface area (Å²) in [5, 5.41) is 13.0. The highest BCUT2D eigenvalue weighted by Crippen LogP contribution is 2.22. The van der Waals surface area contributed by atoms with E-state index in [-0.39, 0.29) is 6.42 Å². The fourth-order valence-corrected chi connectivity index (χ4v) is 2.77. The molecule has 5 nitrogen and oxygen atoms in total. The monoisotopic (exact) mass is 305 g/mol. The van der Waals surface area contributed by atoms with E-state index in [1.54, 1.807) is 18.1 Å². The fourth-order valence-electron chi connectivity index (χ4n) is 1.92. The molecular weight excluding hydrogens is 286 g/mol. The summed E-state index contributed by atoms with van der Waals surface area (Å²) < 4.78 is 1.94. The van der Waals surface area contributed by atoms with E-state index in [9.17, 15) is 4.79 Å². The lowest BCUT2D eigenvalue weighted by Gasteiger charge is -2.08. The number of aromatic nitrogens is 3. The number of hydrogen-bond donors (Lipinski definition) is 1. The molecule has 1 N–H and O–H groups in total. The van der Waals surface area contributed by atoms with E-state index < -0.39 is 5.97 Å². The molecule has 112 valence electrons. The summed E-state index contributed by atoms with van der Waals surface area (Å²) in [6, 6.07) is 7.61. The first kappa shape index (κ1) is 15.6. The van der Waals surface area contributed by atoms with Crippen LogP contribution in [0.1, 0.15) is 25.2 Å². The van der Waals surface area contributed by atoms with Gasteiger partial charge in [-0.15, -0.1) is 11.8 Å². The molecule has 1 aromatic carbocycles. The van der Waals surface area contributed by atoms with Crippen molar-refractivity contribution in [1.82, 2.24) is 14.8 Å². The highest BCUT2D eigenvalue weighted by Gasteiger charge is 2.07. The van der Waals surface area contributed by atoms with Crippen molar-refractivity contribution in [2.24, 2.45) is 5.92 Å². The van der Waals surface area contributed by atoms with Gasteiger partial charge in [0.15, 0.2) is 0 Å². The predicted octanol–water partition coefficient (Wildman–Crippen LogP) is 2.85. The molecule has 0 spiro atoms. The summed E-state index contributed by atoms with van der Waals surface area (Å²) in [7, 11) is 0. The maximum absolute atomic E-state index is 10.6. The number of aliphatic carboxylic acids is 1. The van der Waals surface area contributed by atoms with E-state index in [0.717, 1.165) is 28.6 Å². The van der Waals surface area contributed by atoms with Gasteiger partial charge in [-0.1, -0.05) is 26.0 Å². The SMILES string of the molecule is CC(C)Cn1ncnc1CSc1ccc(CC(=O)O)cc1. The molecule has 0 amide bonds. The third kappa shape index (κ3) is 4.90. The van der Waals surface area contributed by atoms with Crippen LogP contribution in [-0.2, 0) is 23.5 Å². The summed E-state index contributed by atoms with van der Waals surface area (Å²) in [4.78, 5) is 16.0. The molecular formula is C15H19N3O2S. The molecule has 6 heteroatoms. The molecule has 2 aromatic rings. The van der Waals surface area contributed by atoms with Gasteiger partial charge in [0.05, 0.1) is 12.2 Å². The maximum atomic E-state index is 10.6. The van der Waals surface area contributed by atoms with Crippen LogP contribution in [0.3, 0.4) is 0 Å². The lowest BCUT2D eigenvalue weighted by atomic mass is 10.2. The van der Waals surface area contributed by atoms with Crippen molar-refractivity contribution in [3.63, 3.8) is 0 Å². The van der Waals surface area contributed by atoms with Crippen LogP contribution in [0.15, 0.2) is 35.5 Å². The Balaban J connectivity index is 1.94. The third-order valence-electron chi connectivity index (χ3n) is 2.88. The second kappa shape index (κ2) is 7.26. The van der Waals surface area contributed by atoms with E-state index in [4.69, 9.17) is 5.11 Å². The summed E-state index contributed by atoms with van der Waals surface area (Å²) in [6.45, 7) is 5.17. The Labute approximate surface area is 128 Å². The summed E-state index contributed by atoms with van der Waals surface area (Å²) in [6.07, 6.45) is 1.65. The van der Waals surface area contributed by atoms with Crippen molar-refractivity contribution >= 4 is 17.7 Å². The first-order valence-electron chi connectivity index (χ1n) is 6.85. The topological polar surface area (TPSA) is 68.0 Å². The standard InChI is InChI=1S/C15H19N3O2S/c1-11(2)8-18-14(16-10-17-18)9-21-13-5-3-12(4-6-13)7-15(19)20/h3-6,10-11H,7-9H2,1-2H3,(H,19,20). The number of benzene rings is 1. The van der Waals surface area contributed by atoms with Crippen LogP contribution < -0.4 is 0 Å². The number of carboxylic acid groups (broad SMARTS) is 1. The third-order valence-corrected chi connectivity index (χ3v) is 3.89. The van der Waals surface area contributed by atoms with Gasteiger partial charge in [0.25, 0.3) is 0 Å². The number of carboxylic acids is 1. The van der Waals surface area contributed by atoms with Crippen LogP contribution in [0.25, 0.3) is 0 Å². The van der Waals surface area contributed by atoms with Gasteiger partial charge in [0.2, 0.25) is 0 Å². The normalized spacial score (nSPS) is 11.0. The van der Waals surface area contributed by atoms with Gasteiger partial charge in [0.1, 0.15) is 12.2 Å². The highest BCUT2D eigenvalue weighted by molar-refractivity contribution is 7.98. The lowest BCUT2D eigenvalue weighted by Crippen LogP contribution is -2.09. The Hall–Kier alpha value is -1.82. The molecule has 0 unspecified atom stereocenters. The zero-order chi connectivity index (χ0) is 15.2. The van der Waals surface area contributed by atoms with Crippen LogP contribution in [0.5, 0.6) is 0 Å². The number of carbonyl (C=O) groups is 1. The smallest absolute Gasteiger partial charge is 0.307 e. The predicted molar refractivity (Wildman–Crippen MR) is 82.2 cm³/mol. The number of nitrogens with zero attached hydrogens (tertiary/aromatic N) is 3. The molecule has 0 atom stereocenters. The first-order valence-corrected chi connectivity index (χ1v) is 7.83. The quantitative estimate of drug-likeness (QED) is 0.797. The van der Waals surface area contributed by atoms with Crippen LogP contribution in [-0.4, -0.2) is 25.8 Å². The zero-order valence-corrected chi connectivity index (χ0v) is 13.0. The van der Waals surface area contributed by atoms with Crippen LogP contribution in [0.4, 0.5) is 0 Å². The van der Waals surface area contributed by atoms with Gasteiger partial charge in [0, 0.05) is 11.4 Å². The lowest BCUT2D eigenvalue weighted by molar-refractivity contribution is -0.136.